The first kappa shape index (κ1) is 22.0. The van der Waals surface area contributed by atoms with E-state index in [0.29, 0.717) is 35.2 Å². The second-order valence-electron chi connectivity index (χ2n) is 8.38. The zero-order valence-electron chi connectivity index (χ0n) is 18.6. The maximum atomic E-state index is 13.3. The lowest BCUT2D eigenvalue weighted by atomic mass is 10.1. The van der Waals surface area contributed by atoms with E-state index < -0.39 is 11.7 Å². The molecule has 4 aromatic rings. The molecule has 0 saturated heterocycles. The van der Waals surface area contributed by atoms with Crippen molar-refractivity contribution in [3.63, 3.8) is 0 Å². The highest BCUT2D eigenvalue weighted by Crippen LogP contribution is 2.33. The van der Waals surface area contributed by atoms with Crippen molar-refractivity contribution in [1.82, 2.24) is 23.6 Å². The van der Waals surface area contributed by atoms with E-state index >= 15 is 0 Å². The summed E-state index contributed by atoms with van der Waals surface area (Å²) in [7, 11) is 0. The second kappa shape index (κ2) is 7.89. The molecule has 176 valence electrons. The fourth-order valence-electron chi connectivity index (χ4n) is 4.50. The van der Waals surface area contributed by atoms with Crippen LogP contribution in [0.25, 0.3) is 16.6 Å². The molecule has 34 heavy (non-hydrogen) atoms. The number of fused-ring (bicyclic) bond motifs is 2. The van der Waals surface area contributed by atoms with Crippen LogP contribution in [0.4, 0.5) is 13.2 Å². The van der Waals surface area contributed by atoms with E-state index in [1.165, 1.54) is 10.6 Å². The highest BCUT2D eigenvalue weighted by molar-refractivity contribution is 5.94. The first-order valence-electron chi connectivity index (χ1n) is 10.9. The van der Waals surface area contributed by atoms with Crippen LogP contribution in [0.3, 0.4) is 0 Å². The Morgan fingerprint density at radius 2 is 1.85 bits per heavy atom. The van der Waals surface area contributed by atoms with Crippen molar-refractivity contribution in [3.8, 4) is 5.69 Å². The quantitative estimate of drug-likeness (QED) is 0.454. The average Bonchev–Trinajstić information content (AvgIpc) is 3.38. The number of nitrogens with zero attached hydrogens (tertiary/aromatic N) is 5. The van der Waals surface area contributed by atoms with Gasteiger partial charge in [-0.15, -0.1) is 0 Å². The zero-order valence-corrected chi connectivity index (χ0v) is 18.6. The molecule has 3 aromatic heterocycles. The predicted molar refractivity (Wildman–Crippen MR) is 120 cm³/mol. The van der Waals surface area contributed by atoms with Crippen LogP contribution in [-0.2, 0) is 25.8 Å². The fourth-order valence-corrected chi connectivity index (χ4v) is 4.50. The van der Waals surface area contributed by atoms with Crippen molar-refractivity contribution in [2.75, 3.05) is 6.54 Å². The Bertz CT molecular complexity index is 1480. The number of rotatable bonds is 4. The van der Waals surface area contributed by atoms with Crippen molar-refractivity contribution in [2.24, 2.45) is 0 Å². The number of carbonyl (C=O) groups excluding carboxylic acids is 1. The molecule has 0 atom stereocenters. The number of imidazole rings is 1. The summed E-state index contributed by atoms with van der Waals surface area (Å²) in [6, 6.07) is 6.89. The third-order valence-electron chi connectivity index (χ3n) is 6.24. The number of hydrogen-bond acceptors (Lipinski definition) is 3. The summed E-state index contributed by atoms with van der Waals surface area (Å²) >= 11 is 0. The minimum atomic E-state index is -4.45. The lowest BCUT2D eigenvalue weighted by Crippen LogP contribution is -2.44. The molecule has 0 fully saturated rings. The third kappa shape index (κ3) is 3.59. The molecule has 5 rings (SSSR count). The average molecular weight is 469 g/mol. The van der Waals surface area contributed by atoms with Gasteiger partial charge in [0.05, 0.1) is 17.6 Å². The van der Waals surface area contributed by atoms with Crippen molar-refractivity contribution in [2.45, 2.75) is 39.7 Å². The SMILES string of the molecule is CCn1cc(CN2CCn3c(ccc(-n4cnc(C)c4)c3=O)C2=O)c2cc(C(F)(F)F)ccc21. The Hall–Kier alpha value is -3.82. The topological polar surface area (TPSA) is 65.1 Å². The minimum Gasteiger partial charge on any atom is -0.347 e. The maximum Gasteiger partial charge on any atom is 0.416 e. The van der Waals surface area contributed by atoms with Gasteiger partial charge in [-0.05, 0) is 49.7 Å². The van der Waals surface area contributed by atoms with Gasteiger partial charge in [-0.25, -0.2) is 4.98 Å². The standard InChI is InChI=1S/C24H22F3N5O2/c1-3-29-12-16(18-10-17(24(25,26)27)4-5-19(18)29)13-30-8-9-32-21(22(30)33)7-6-20(23(32)34)31-11-15(2)28-14-31/h4-7,10-12,14H,3,8-9,13H2,1-2H3. The normalized spacial score (nSPS) is 14.1. The molecule has 0 spiro atoms. The maximum absolute atomic E-state index is 13.3. The van der Waals surface area contributed by atoms with Gasteiger partial charge in [0.25, 0.3) is 11.5 Å². The van der Waals surface area contributed by atoms with Crippen LogP contribution in [0.15, 0.2) is 53.8 Å². The summed E-state index contributed by atoms with van der Waals surface area (Å²) in [5, 5.41) is 0.471. The molecule has 10 heteroatoms. The Labute approximate surface area is 192 Å². The first-order valence-corrected chi connectivity index (χ1v) is 10.9. The second-order valence-corrected chi connectivity index (χ2v) is 8.38. The summed E-state index contributed by atoms with van der Waals surface area (Å²) in [5.74, 6) is -0.332. The molecule has 1 aromatic carbocycles. The fraction of sp³-hybridized carbons (Fsp3) is 0.292. The number of alkyl halides is 3. The monoisotopic (exact) mass is 469 g/mol. The van der Waals surface area contributed by atoms with Crippen LogP contribution < -0.4 is 5.56 Å². The molecule has 0 saturated carbocycles. The summed E-state index contributed by atoms with van der Waals surface area (Å²) in [4.78, 5) is 32.0. The Kier molecular flexibility index (Phi) is 5.11. The smallest absolute Gasteiger partial charge is 0.347 e. The Morgan fingerprint density at radius 1 is 1.06 bits per heavy atom. The summed E-state index contributed by atoms with van der Waals surface area (Å²) in [5.41, 5.74) is 1.73. The lowest BCUT2D eigenvalue weighted by molar-refractivity contribution is -0.137. The van der Waals surface area contributed by atoms with Gasteiger partial charge in [-0.3, -0.25) is 9.59 Å². The predicted octanol–water partition coefficient (Wildman–Crippen LogP) is 3.99. The van der Waals surface area contributed by atoms with E-state index in [0.717, 1.165) is 17.8 Å². The minimum absolute atomic E-state index is 0.153. The largest absolute Gasteiger partial charge is 0.416 e. The third-order valence-corrected chi connectivity index (χ3v) is 6.24. The van der Waals surface area contributed by atoms with Gasteiger partial charge in [0, 0.05) is 49.5 Å². The molecule has 1 aliphatic heterocycles. The van der Waals surface area contributed by atoms with Gasteiger partial charge in [0.1, 0.15) is 11.4 Å². The Morgan fingerprint density at radius 3 is 2.53 bits per heavy atom. The number of pyridine rings is 1. The summed E-state index contributed by atoms with van der Waals surface area (Å²) < 4.78 is 44.9. The summed E-state index contributed by atoms with van der Waals surface area (Å²) in [6.07, 6.45) is 0.630. The van der Waals surface area contributed by atoms with E-state index in [4.69, 9.17) is 0 Å². The van der Waals surface area contributed by atoms with Crippen LogP contribution in [0.2, 0.25) is 0 Å². The molecule has 0 radical (unpaired) electrons. The van der Waals surface area contributed by atoms with Gasteiger partial charge in [-0.2, -0.15) is 13.2 Å². The molecule has 0 unspecified atom stereocenters. The van der Waals surface area contributed by atoms with Crippen LogP contribution >= 0.6 is 0 Å². The molecular formula is C24H22F3N5O2. The van der Waals surface area contributed by atoms with Crippen LogP contribution in [0, 0.1) is 6.92 Å². The number of carbonyl (C=O) groups is 1. The molecule has 1 amide bonds. The van der Waals surface area contributed by atoms with Crippen molar-refractivity contribution >= 4 is 16.8 Å². The number of amides is 1. The molecule has 0 aliphatic carbocycles. The lowest BCUT2D eigenvalue weighted by Gasteiger charge is -2.29. The van der Waals surface area contributed by atoms with E-state index in [9.17, 15) is 22.8 Å². The molecular weight excluding hydrogens is 447 g/mol. The van der Waals surface area contributed by atoms with E-state index in [2.05, 4.69) is 4.98 Å². The molecule has 1 aliphatic rings. The van der Waals surface area contributed by atoms with Gasteiger partial charge < -0.3 is 18.6 Å². The van der Waals surface area contributed by atoms with Crippen LogP contribution in [0.5, 0.6) is 0 Å². The van der Waals surface area contributed by atoms with Gasteiger partial charge >= 0.3 is 6.18 Å². The van der Waals surface area contributed by atoms with Gasteiger partial charge in [0.2, 0.25) is 0 Å². The van der Waals surface area contributed by atoms with E-state index in [1.54, 1.807) is 40.3 Å². The Balaban J connectivity index is 1.49. The first-order chi connectivity index (χ1) is 16.2. The van der Waals surface area contributed by atoms with Crippen LogP contribution in [-0.4, -0.2) is 36.0 Å². The van der Waals surface area contributed by atoms with Gasteiger partial charge in [0.15, 0.2) is 0 Å². The number of aryl methyl sites for hydroxylation is 2. The molecule has 0 N–H and O–H groups in total. The molecule has 7 nitrogen and oxygen atoms in total. The molecule has 0 bridgehead atoms. The van der Waals surface area contributed by atoms with E-state index in [-0.39, 0.29) is 30.2 Å². The number of hydrogen-bond donors (Lipinski definition) is 0. The highest BCUT2D eigenvalue weighted by Gasteiger charge is 2.32. The van der Waals surface area contributed by atoms with Gasteiger partial charge in [-0.1, -0.05) is 0 Å². The highest BCUT2D eigenvalue weighted by atomic mass is 19.4. The number of halogens is 3. The number of aromatic nitrogens is 4. The van der Waals surface area contributed by atoms with Crippen molar-refractivity contribution in [1.29, 1.82) is 0 Å². The summed E-state index contributed by atoms with van der Waals surface area (Å²) in [6.45, 7) is 5.04. The van der Waals surface area contributed by atoms with Crippen molar-refractivity contribution in [3.05, 3.63) is 81.9 Å². The van der Waals surface area contributed by atoms with Crippen molar-refractivity contribution < 1.29 is 18.0 Å². The molecule has 4 heterocycles. The van der Waals surface area contributed by atoms with Crippen LogP contribution in [0.1, 0.15) is 34.2 Å². The number of benzene rings is 1. The van der Waals surface area contributed by atoms with E-state index in [1.807, 2.05) is 18.4 Å². The zero-order chi connectivity index (χ0) is 24.2.